The standard InChI is InChI=1S/C7H14N2.C6H13NO.C4H9NO.2C2H6/c1-9-4-7(5-9)2-6(8)3-7;7-6-2-1-4-8-5-3-6;5-4-1-2-6-3-4;2*1-2/h6H,2-5,8H2,1H3;6H,1-5,7H2;4H,1-3,5H2;2*1-2H3. The summed E-state index contributed by atoms with van der Waals surface area (Å²) in [5, 5.41) is 0. The van der Waals surface area contributed by atoms with Crippen LogP contribution in [-0.2, 0) is 9.47 Å². The molecular weight excluding hydrogens is 340 g/mol. The van der Waals surface area contributed by atoms with Crippen LogP contribution in [0, 0.1) is 5.41 Å². The van der Waals surface area contributed by atoms with Crippen LogP contribution >= 0.6 is 0 Å². The molecule has 6 heteroatoms. The molecule has 3 aliphatic heterocycles. The summed E-state index contributed by atoms with van der Waals surface area (Å²) in [4.78, 5) is 2.37. The van der Waals surface area contributed by atoms with E-state index in [-0.39, 0.29) is 0 Å². The van der Waals surface area contributed by atoms with Crippen LogP contribution in [0.4, 0.5) is 0 Å². The van der Waals surface area contributed by atoms with Crippen molar-refractivity contribution in [3.8, 4) is 0 Å². The Bertz CT molecular complexity index is 299. The maximum atomic E-state index is 5.69. The number of nitrogens with zero attached hydrogens (tertiary/aromatic N) is 1. The summed E-state index contributed by atoms with van der Waals surface area (Å²) >= 11 is 0. The van der Waals surface area contributed by atoms with Gasteiger partial charge in [-0.25, -0.2) is 0 Å². The first-order valence-electron chi connectivity index (χ1n) is 11.1. The summed E-state index contributed by atoms with van der Waals surface area (Å²) < 4.78 is 10.1. The van der Waals surface area contributed by atoms with E-state index in [1.165, 1.54) is 25.9 Å². The average Bonchev–Trinajstić information content (AvgIpc) is 2.98. The molecule has 0 amide bonds. The smallest absolute Gasteiger partial charge is 0.0618 e. The van der Waals surface area contributed by atoms with Crippen LogP contribution in [0.15, 0.2) is 0 Å². The van der Waals surface area contributed by atoms with Crippen molar-refractivity contribution < 1.29 is 9.47 Å². The highest BCUT2D eigenvalue weighted by Crippen LogP contribution is 2.46. The Labute approximate surface area is 168 Å². The van der Waals surface area contributed by atoms with Gasteiger partial charge in [0.2, 0.25) is 0 Å². The van der Waals surface area contributed by atoms with Crippen molar-refractivity contribution in [2.75, 3.05) is 46.6 Å². The molecular formula is C21H48N4O2. The third-order valence-corrected chi connectivity index (χ3v) is 5.06. The SMILES string of the molecule is CC.CC.CN1CC2(CC(N)C2)C1.NC1CCCOCC1.NC1CCOC1. The van der Waals surface area contributed by atoms with Gasteiger partial charge in [-0.15, -0.1) is 0 Å². The van der Waals surface area contributed by atoms with Gasteiger partial charge in [0.05, 0.1) is 6.61 Å². The van der Waals surface area contributed by atoms with E-state index in [0.717, 1.165) is 52.1 Å². The normalized spacial score (nSPS) is 28.9. The summed E-state index contributed by atoms with van der Waals surface area (Å²) in [5.74, 6) is 0. The second kappa shape index (κ2) is 15.7. The molecule has 4 aliphatic rings. The van der Waals surface area contributed by atoms with Crippen LogP contribution in [0.25, 0.3) is 0 Å². The van der Waals surface area contributed by atoms with Crippen LogP contribution in [0.2, 0.25) is 0 Å². The van der Waals surface area contributed by atoms with Crippen molar-refractivity contribution in [3.05, 3.63) is 0 Å². The lowest BCUT2D eigenvalue weighted by Gasteiger charge is -2.57. The summed E-state index contributed by atoms with van der Waals surface area (Å²) in [7, 11) is 2.18. The minimum atomic E-state index is 0.324. The lowest BCUT2D eigenvalue weighted by molar-refractivity contribution is -0.0559. The Balaban J connectivity index is 0.000000349. The third-order valence-electron chi connectivity index (χ3n) is 5.06. The summed E-state index contributed by atoms with van der Waals surface area (Å²) in [6.45, 7) is 14.0. The fraction of sp³-hybridized carbons (Fsp3) is 1.00. The molecule has 2 unspecified atom stereocenters. The van der Waals surface area contributed by atoms with Crippen LogP contribution in [-0.4, -0.2) is 69.6 Å². The van der Waals surface area contributed by atoms with Gasteiger partial charge >= 0.3 is 0 Å². The number of ether oxygens (including phenoxy) is 2. The Kier molecular flexibility index (Phi) is 15.5. The van der Waals surface area contributed by atoms with Gasteiger partial charge in [-0.3, -0.25) is 0 Å². The first-order valence-corrected chi connectivity index (χ1v) is 11.1. The van der Waals surface area contributed by atoms with Gasteiger partial charge in [0.1, 0.15) is 0 Å². The first-order chi connectivity index (χ1) is 13.0. The van der Waals surface area contributed by atoms with Crippen molar-refractivity contribution in [3.63, 3.8) is 0 Å². The maximum absolute atomic E-state index is 5.69. The van der Waals surface area contributed by atoms with Crippen molar-refractivity contribution in [2.45, 2.75) is 84.3 Å². The first kappa shape index (κ1) is 26.8. The fourth-order valence-electron chi connectivity index (χ4n) is 3.89. The van der Waals surface area contributed by atoms with Crippen molar-refractivity contribution in [2.24, 2.45) is 22.6 Å². The summed E-state index contributed by atoms with van der Waals surface area (Å²) in [6, 6.07) is 1.25. The topological polar surface area (TPSA) is 99.8 Å². The van der Waals surface area contributed by atoms with Gasteiger partial charge in [-0.1, -0.05) is 27.7 Å². The molecule has 164 valence electrons. The predicted molar refractivity (Wildman–Crippen MR) is 116 cm³/mol. The molecule has 6 nitrogen and oxygen atoms in total. The van der Waals surface area contributed by atoms with E-state index in [0.29, 0.717) is 23.5 Å². The zero-order valence-corrected chi connectivity index (χ0v) is 18.7. The molecule has 4 fully saturated rings. The Hall–Kier alpha value is -0.240. The average molecular weight is 389 g/mol. The number of hydrogen-bond acceptors (Lipinski definition) is 6. The molecule has 0 aromatic heterocycles. The molecule has 0 aromatic carbocycles. The van der Waals surface area contributed by atoms with Crippen LogP contribution in [0.1, 0.15) is 66.2 Å². The second-order valence-corrected chi connectivity index (χ2v) is 7.77. The quantitative estimate of drug-likeness (QED) is 0.589. The van der Waals surface area contributed by atoms with E-state index in [1.54, 1.807) is 0 Å². The molecule has 3 heterocycles. The molecule has 2 atom stereocenters. The Morgan fingerprint density at radius 1 is 0.741 bits per heavy atom. The molecule has 1 saturated carbocycles. The molecule has 0 aromatic rings. The molecule has 6 N–H and O–H groups in total. The van der Waals surface area contributed by atoms with Crippen molar-refractivity contribution >= 4 is 0 Å². The van der Waals surface area contributed by atoms with E-state index in [4.69, 9.17) is 26.7 Å². The van der Waals surface area contributed by atoms with Gasteiger partial charge in [0.25, 0.3) is 0 Å². The van der Waals surface area contributed by atoms with Crippen molar-refractivity contribution in [1.82, 2.24) is 4.90 Å². The van der Waals surface area contributed by atoms with Gasteiger partial charge in [0, 0.05) is 51.0 Å². The third kappa shape index (κ3) is 11.4. The molecule has 3 saturated heterocycles. The molecule has 27 heavy (non-hydrogen) atoms. The van der Waals surface area contributed by atoms with E-state index >= 15 is 0 Å². The van der Waals surface area contributed by atoms with Gasteiger partial charge in [-0.05, 0) is 51.0 Å². The number of hydrogen-bond donors (Lipinski definition) is 3. The molecule has 1 aliphatic carbocycles. The minimum Gasteiger partial charge on any atom is -0.381 e. The van der Waals surface area contributed by atoms with Crippen LogP contribution in [0.5, 0.6) is 0 Å². The fourth-order valence-corrected chi connectivity index (χ4v) is 3.89. The van der Waals surface area contributed by atoms with Gasteiger partial charge in [-0.2, -0.15) is 0 Å². The highest BCUT2D eigenvalue weighted by molar-refractivity contribution is 5.04. The van der Waals surface area contributed by atoms with Gasteiger partial charge in [0.15, 0.2) is 0 Å². The van der Waals surface area contributed by atoms with Gasteiger partial charge < -0.3 is 31.6 Å². The maximum Gasteiger partial charge on any atom is 0.0618 e. The van der Waals surface area contributed by atoms with Crippen LogP contribution < -0.4 is 17.2 Å². The zero-order valence-electron chi connectivity index (χ0n) is 18.7. The Morgan fingerprint density at radius 2 is 1.30 bits per heavy atom. The van der Waals surface area contributed by atoms with Crippen molar-refractivity contribution in [1.29, 1.82) is 0 Å². The minimum absolute atomic E-state index is 0.324. The summed E-state index contributed by atoms with van der Waals surface area (Å²) in [6.07, 6.45) is 6.91. The molecule has 1 spiro atoms. The van der Waals surface area contributed by atoms with Crippen LogP contribution in [0.3, 0.4) is 0 Å². The monoisotopic (exact) mass is 388 g/mol. The Morgan fingerprint density at radius 3 is 1.70 bits per heavy atom. The second-order valence-electron chi connectivity index (χ2n) is 7.77. The molecule has 0 bridgehead atoms. The number of rotatable bonds is 0. The number of nitrogens with two attached hydrogens (primary N) is 3. The summed E-state index contributed by atoms with van der Waals surface area (Å²) in [5.41, 5.74) is 17.4. The van der Waals surface area contributed by atoms with E-state index < -0.39 is 0 Å². The lowest BCUT2D eigenvalue weighted by Crippen LogP contribution is -2.63. The molecule has 0 radical (unpaired) electrons. The van der Waals surface area contributed by atoms with E-state index in [2.05, 4.69) is 11.9 Å². The predicted octanol–water partition coefficient (Wildman–Crippen LogP) is 2.34. The largest absolute Gasteiger partial charge is 0.381 e. The highest BCUT2D eigenvalue weighted by Gasteiger charge is 2.49. The van der Waals surface area contributed by atoms with E-state index in [9.17, 15) is 0 Å². The molecule has 4 rings (SSSR count). The lowest BCUT2D eigenvalue weighted by atomic mass is 9.61. The zero-order chi connectivity index (χ0) is 20.7. The number of likely N-dealkylation sites (tertiary alicyclic amines) is 1. The van der Waals surface area contributed by atoms with E-state index in [1.807, 2.05) is 27.7 Å². The highest BCUT2D eigenvalue weighted by atomic mass is 16.5.